The molecule has 1 aliphatic heterocycles. The lowest BCUT2D eigenvalue weighted by atomic mass is 9.90. The van der Waals surface area contributed by atoms with Crippen LogP contribution in [-0.4, -0.2) is 51.8 Å². The minimum absolute atomic E-state index is 0.415. The van der Waals surface area contributed by atoms with E-state index in [2.05, 4.69) is 37.8 Å². The van der Waals surface area contributed by atoms with Crippen LogP contribution in [-0.2, 0) is 4.74 Å². The average molecular weight is 470 g/mol. The Bertz CT molecular complexity index is 1270. The van der Waals surface area contributed by atoms with Crippen molar-refractivity contribution in [2.75, 3.05) is 32.0 Å². The van der Waals surface area contributed by atoms with Crippen LogP contribution >= 0.6 is 0 Å². The lowest BCUT2D eigenvalue weighted by molar-refractivity contribution is 0.00558. The number of nitrogens with two attached hydrogens (primary N) is 1. The number of nitrogen functional groups attached to an aromatic ring is 1. The van der Waals surface area contributed by atoms with E-state index < -0.39 is 0 Å². The number of nitrogens with zero attached hydrogens (tertiary/aromatic N) is 4. The highest BCUT2D eigenvalue weighted by molar-refractivity contribution is 6.00. The highest BCUT2D eigenvalue weighted by Gasteiger charge is 2.29. The lowest BCUT2D eigenvalue weighted by Crippen LogP contribution is -2.45. The molecule has 2 aliphatic rings. The lowest BCUT2D eigenvalue weighted by Gasteiger charge is -2.39. The quantitative estimate of drug-likeness (QED) is 0.428. The highest BCUT2D eigenvalue weighted by Crippen LogP contribution is 2.39. The zero-order valence-electron chi connectivity index (χ0n) is 19.8. The molecular weight excluding hydrogens is 438 g/mol. The van der Waals surface area contributed by atoms with E-state index in [1.165, 1.54) is 12.8 Å². The molecule has 0 bridgehead atoms. The summed E-state index contributed by atoms with van der Waals surface area (Å²) in [6, 6.07) is 19.1. The second-order valence-corrected chi connectivity index (χ2v) is 9.46. The van der Waals surface area contributed by atoms with Crippen molar-refractivity contribution in [3.63, 3.8) is 0 Å². The van der Waals surface area contributed by atoms with Gasteiger partial charge < -0.3 is 19.8 Å². The Morgan fingerprint density at radius 1 is 0.829 bits per heavy atom. The van der Waals surface area contributed by atoms with Gasteiger partial charge in [0.25, 0.3) is 0 Å². The average Bonchev–Trinajstić information content (AvgIpc) is 3.31. The molecule has 2 aromatic heterocycles. The fourth-order valence-corrected chi connectivity index (χ4v) is 5.58. The molecule has 4 aromatic rings. The van der Waals surface area contributed by atoms with Gasteiger partial charge >= 0.3 is 0 Å². The van der Waals surface area contributed by atoms with Gasteiger partial charge in [0.1, 0.15) is 29.3 Å². The molecule has 0 radical (unpaired) electrons. The van der Waals surface area contributed by atoms with Gasteiger partial charge in [0.2, 0.25) is 0 Å². The van der Waals surface area contributed by atoms with E-state index in [0.717, 1.165) is 72.8 Å². The normalized spacial score (nSPS) is 21.3. The summed E-state index contributed by atoms with van der Waals surface area (Å²) in [5, 5.41) is 0.930. The predicted octanol–water partition coefficient (Wildman–Crippen LogP) is 5.29. The van der Waals surface area contributed by atoms with Crippen LogP contribution in [0.5, 0.6) is 11.5 Å². The number of benzene rings is 2. The van der Waals surface area contributed by atoms with Crippen molar-refractivity contribution >= 4 is 16.9 Å². The van der Waals surface area contributed by atoms with E-state index in [-0.39, 0.29) is 0 Å². The fourth-order valence-electron chi connectivity index (χ4n) is 5.58. The van der Waals surface area contributed by atoms with E-state index in [1.54, 1.807) is 6.33 Å². The largest absolute Gasteiger partial charge is 0.457 e. The van der Waals surface area contributed by atoms with Crippen molar-refractivity contribution in [1.29, 1.82) is 0 Å². The maximum Gasteiger partial charge on any atom is 0.146 e. The maximum absolute atomic E-state index is 6.38. The molecule has 2 aromatic carbocycles. The summed E-state index contributed by atoms with van der Waals surface area (Å²) in [4.78, 5) is 11.6. The summed E-state index contributed by atoms with van der Waals surface area (Å²) in [6.07, 6.45) is 8.48. The van der Waals surface area contributed by atoms with Gasteiger partial charge in [0.15, 0.2) is 0 Å². The topological polar surface area (TPSA) is 78.4 Å². The highest BCUT2D eigenvalue weighted by atomic mass is 16.5. The molecule has 2 N–H and O–H groups in total. The minimum atomic E-state index is 0.415. The van der Waals surface area contributed by atoms with Crippen LogP contribution in [0.2, 0.25) is 0 Å². The molecule has 3 heterocycles. The fraction of sp³-hybridized carbons (Fsp3) is 0.357. The third-order valence-electron chi connectivity index (χ3n) is 7.40. The van der Waals surface area contributed by atoms with E-state index >= 15 is 0 Å². The molecule has 35 heavy (non-hydrogen) atoms. The summed E-state index contributed by atoms with van der Waals surface area (Å²) in [5.41, 5.74) is 9.45. The molecule has 0 atom stereocenters. The standard InChI is InChI=1S/C28H31N5O2/c29-27-26-25(20-6-12-24(13-7-20)35-23-4-2-1-3-5-23)18-33(28(26)31-19-30-27)22-10-8-21(9-11-22)32-14-16-34-17-15-32/h1-7,12-13,18-19,21-22H,8-11,14-17H2,(H2,29,30,31). The first-order valence-electron chi connectivity index (χ1n) is 12.5. The van der Waals surface area contributed by atoms with Crippen LogP contribution in [0, 0.1) is 0 Å². The number of aromatic nitrogens is 3. The second-order valence-electron chi connectivity index (χ2n) is 9.46. The van der Waals surface area contributed by atoms with Crippen LogP contribution in [0.25, 0.3) is 22.2 Å². The Morgan fingerprint density at radius 2 is 1.51 bits per heavy atom. The number of para-hydroxylation sites is 1. The van der Waals surface area contributed by atoms with E-state index in [0.29, 0.717) is 17.9 Å². The Kier molecular flexibility index (Phi) is 6.10. The van der Waals surface area contributed by atoms with Gasteiger partial charge in [-0.15, -0.1) is 0 Å². The van der Waals surface area contributed by atoms with Gasteiger partial charge in [-0.25, -0.2) is 9.97 Å². The monoisotopic (exact) mass is 469 g/mol. The Labute approximate surface area is 205 Å². The predicted molar refractivity (Wildman–Crippen MR) is 138 cm³/mol. The minimum Gasteiger partial charge on any atom is -0.457 e. The molecule has 0 spiro atoms. The van der Waals surface area contributed by atoms with Gasteiger partial charge in [-0.05, 0) is 55.5 Å². The van der Waals surface area contributed by atoms with Gasteiger partial charge in [-0.3, -0.25) is 4.90 Å². The first kappa shape index (κ1) is 22.1. The van der Waals surface area contributed by atoms with Crippen molar-refractivity contribution in [3.05, 3.63) is 67.1 Å². The van der Waals surface area contributed by atoms with Crippen molar-refractivity contribution in [2.45, 2.75) is 37.8 Å². The molecule has 2 fully saturated rings. The van der Waals surface area contributed by atoms with Crippen molar-refractivity contribution in [3.8, 4) is 22.6 Å². The molecule has 1 saturated carbocycles. The molecule has 1 aliphatic carbocycles. The number of anilines is 1. The van der Waals surface area contributed by atoms with Gasteiger partial charge in [0, 0.05) is 36.9 Å². The Morgan fingerprint density at radius 3 is 2.26 bits per heavy atom. The maximum atomic E-state index is 6.38. The summed E-state index contributed by atoms with van der Waals surface area (Å²) >= 11 is 0. The first-order valence-corrected chi connectivity index (χ1v) is 12.5. The van der Waals surface area contributed by atoms with Crippen molar-refractivity contribution in [1.82, 2.24) is 19.4 Å². The van der Waals surface area contributed by atoms with Crippen LogP contribution in [0.3, 0.4) is 0 Å². The van der Waals surface area contributed by atoms with E-state index in [1.807, 2.05) is 42.5 Å². The molecule has 1 saturated heterocycles. The van der Waals surface area contributed by atoms with Gasteiger partial charge in [-0.1, -0.05) is 30.3 Å². The number of hydrogen-bond acceptors (Lipinski definition) is 6. The van der Waals surface area contributed by atoms with Gasteiger partial charge in [-0.2, -0.15) is 0 Å². The summed E-state index contributed by atoms with van der Waals surface area (Å²) < 4.78 is 13.9. The summed E-state index contributed by atoms with van der Waals surface area (Å²) in [5.74, 6) is 2.15. The third-order valence-corrected chi connectivity index (χ3v) is 7.40. The molecular formula is C28H31N5O2. The number of rotatable bonds is 5. The molecule has 0 unspecified atom stereocenters. The molecule has 7 heteroatoms. The van der Waals surface area contributed by atoms with Gasteiger partial charge in [0.05, 0.1) is 18.6 Å². The molecule has 0 amide bonds. The van der Waals surface area contributed by atoms with Crippen LogP contribution < -0.4 is 10.5 Å². The van der Waals surface area contributed by atoms with Crippen LogP contribution in [0.15, 0.2) is 67.1 Å². The molecule has 180 valence electrons. The molecule has 6 rings (SSSR count). The van der Waals surface area contributed by atoms with E-state index in [4.69, 9.17) is 15.2 Å². The smallest absolute Gasteiger partial charge is 0.146 e. The number of morpholine rings is 1. The summed E-state index contributed by atoms with van der Waals surface area (Å²) in [7, 11) is 0. The van der Waals surface area contributed by atoms with Crippen molar-refractivity contribution < 1.29 is 9.47 Å². The zero-order chi connectivity index (χ0) is 23.6. The summed E-state index contributed by atoms with van der Waals surface area (Å²) in [6.45, 7) is 3.83. The van der Waals surface area contributed by atoms with Crippen molar-refractivity contribution in [2.24, 2.45) is 0 Å². The Hall–Kier alpha value is -3.42. The zero-order valence-corrected chi connectivity index (χ0v) is 19.8. The molecule has 7 nitrogen and oxygen atoms in total. The van der Waals surface area contributed by atoms with Crippen LogP contribution in [0.4, 0.5) is 5.82 Å². The number of ether oxygens (including phenoxy) is 2. The number of hydrogen-bond donors (Lipinski definition) is 1. The second kappa shape index (κ2) is 9.68. The van der Waals surface area contributed by atoms with E-state index in [9.17, 15) is 0 Å². The SMILES string of the molecule is Nc1ncnc2c1c(-c1ccc(Oc3ccccc3)cc1)cn2C1CCC(N2CCOCC2)CC1. The van der Waals surface area contributed by atoms with Crippen LogP contribution in [0.1, 0.15) is 31.7 Å². The first-order chi connectivity index (χ1) is 17.3. The Balaban J connectivity index is 1.26. The third kappa shape index (κ3) is 4.49. The number of fused-ring (bicyclic) bond motifs is 1.